The van der Waals surface area contributed by atoms with E-state index in [0.29, 0.717) is 22.0 Å². The van der Waals surface area contributed by atoms with Gasteiger partial charge in [-0.15, -0.1) is 11.3 Å². The quantitative estimate of drug-likeness (QED) is 0.730. The highest BCUT2D eigenvalue weighted by Crippen LogP contribution is 2.25. The van der Waals surface area contributed by atoms with Crippen LogP contribution in [0.2, 0.25) is 0 Å². The molecule has 25 heavy (non-hydrogen) atoms. The molecule has 0 saturated carbocycles. The number of carbonyl (C=O) groups is 1. The third kappa shape index (κ3) is 3.90. The Morgan fingerprint density at radius 1 is 1.16 bits per heavy atom. The molecule has 2 N–H and O–H groups in total. The third-order valence-electron chi connectivity index (χ3n) is 3.47. The number of hydrogen-bond donors (Lipinski definition) is 2. The Labute approximate surface area is 150 Å². The highest BCUT2D eigenvalue weighted by atomic mass is 32.1. The molecule has 0 bridgehead atoms. The summed E-state index contributed by atoms with van der Waals surface area (Å²) in [5.74, 6) is 0.143. The van der Waals surface area contributed by atoms with Gasteiger partial charge in [0, 0.05) is 12.2 Å². The van der Waals surface area contributed by atoms with Crippen LogP contribution in [0, 0.1) is 6.92 Å². The molecule has 0 aromatic carbocycles. The zero-order chi connectivity index (χ0) is 18.0. The normalized spacial score (nSPS) is 12.4. The first-order valence-electron chi connectivity index (χ1n) is 8.07. The van der Waals surface area contributed by atoms with E-state index in [-0.39, 0.29) is 18.0 Å². The number of fused-ring (bicyclic) bond motifs is 1. The minimum Gasteiger partial charge on any atom is -0.348 e. The molecular formula is C17H20N6OS. The van der Waals surface area contributed by atoms with Crippen LogP contribution in [0.25, 0.3) is 10.3 Å². The van der Waals surface area contributed by atoms with Gasteiger partial charge in [-0.25, -0.2) is 9.97 Å². The number of anilines is 1. The van der Waals surface area contributed by atoms with Gasteiger partial charge in [-0.1, -0.05) is 6.07 Å². The van der Waals surface area contributed by atoms with Gasteiger partial charge in [0.15, 0.2) is 11.3 Å². The van der Waals surface area contributed by atoms with Crippen molar-refractivity contribution in [2.75, 3.05) is 5.32 Å². The Balaban J connectivity index is 1.97. The van der Waals surface area contributed by atoms with E-state index in [1.54, 1.807) is 6.20 Å². The maximum Gasteiger partial charge on any atom is 0.271 e. The number of aromatic nitrogens is 4. The van der Waals surface area contributed by atoms with Crippen molar-refractivity contribution < 1.29 is 4.79 Å². The van der Waals surface area contributed by atoms with E-state index in [1.165, 1.54) is 11.3 Å². The van der Waals surface area contributed by atoms with E-state index >= 15 is 0 Å². The molecule has 0 fully saturated rings. The van der Waals surface area contributed by atoms with Crippen molar-refractivity contribution in [3.8, 4) is 0 Å². The van der Waals surface area contributed by atoms with Crippen molar-refractivity contribution in [1.82, 2.24) is 25.3 Å². The molecule has 0 aliphatic heterocycles. The highest BCUT2D eigenvalue weighted by Gasteiger charge is 2.19. The molecule has 0 unspecified atom stereocenters. The van der Waals surface area contributed by atoms with Gasteiger partial charge >= 0.3 is 0 Å². The van der Waals surface area contributed by atoms with Gasteiger partial charge in [-0.05, 0) is 39.8 Å². The summed E-state index contributed by atoms with van der Waals surface area (Å²) >= 11 is 1.42. The van der Waals surface area contributed by atoms with Crippen molar-refractivity contribution in [3.05, 3.63) is 40.8 Å². The first-order valence-corrected chi connectivity index (χ1v) is 8.89. The predicted octanol–water partition coefficient (Wildman–Crippen LogP) is 3.10. The number of hydrogen-bond acceptors (Lipinski definition) is 7. The van der Waals surface area contributed by atoms with E-state index in [2.05, 4.69) is 30.6 Å². The van der Waals surface area contributed by atoms with Gasteiger partial charge in [0.1, 0.15) is 4.70 Å². The maximum atomic E-state index is 12.5. The number of pyridine rings is 1. The lowest BCUT2D eigenvalue weighted by Gasteiger charge is -2.14. The first-order chi connectivity index (χ1) is 11.9. The van der Waals surface area contributed by atoms with Crippen LogP contribution in [0.1, 0.15) is 48.0 Å². The molecule has 1 amide bonds. The molecular weight excluding hydrogens is 336 g/mol. The maximum absolute atomic E-state index is 12.5. The molecule has 0 spiro atoms. The summed E-state index contributed by atoms with van der Waals surface area (Å²) in [6.07, 6.45) is 1.74. The van der Waals surface area contributed by atoms with Crippen molar-refractivity contribution in [3.63, 3.8) is 0 Å². The molecule has 3 rings (SSSR count). The lowest BCUT2D eigenvalue weighted by atomic mass is 10.2. The predicted molar refractivity (Wildman–Crippen MR) is 98.8 cm³/mol. The Morgan fingerprint density at radius 3 is 2.64 bits per heavy atom. The van der Waals surface area contributed by atoms with E-state index in [1.807, 2.05) is 45.9 Å². The van der Waals surface area contributed by atoms with Crippen molar-refractivity contribution in [1.29, 1.82) is 0 Å². The average Bonchev–Trinajstić information content (AvgIpc) is 2.94. The Hall–Kier alpha value is -2.61. The zero-order valence-corrected chi connectivity index (χ0v) is 15.4. The largest absolute Gasteiger partial charge is 0.348 e. The molecule has 0 radical (unpaired) electrons. The molecule has 130 valence electrons. The lowest BCUT2D eigenvalue weighted by molar-refractivity contribution is 0.0940. The van der Waals surface area contributed by atoms with Crippen LogP contribution in [0.15, 0.2) is 24.4 Å². The van der Waals surface area contributed by atoms with Crippen molar-refractivity contribution in [2.45, 2.75) is 39.8 Å². The van der Waals surface area contributed by atoms with E-state index in [9.17, 15) is 4.79 Å². The second kappa shape index (κ2) is 7.10. The first kappa shape index (κ1) is 17.2. The molecule has 0 aliphatic rings. The van der Waals surface area contributed by atoms with Crippen LogP contribution in [0.3, 0.4) is 0 Å². The second-order valence-corrected chi connectivity index (χ2v) is 7.23. The topological polar surface area (TPSA) is 92.7 Å². The Morgan fingerprint density at radius 2 is 1.96 bits per heavy atom. The third-order valence-corrected chi connectivity index (χ3v) is 4.44. The van der Waals surface area contributed by atoms with Gasteiger partial charge < -0.3 is 10.6 Å². The monoisotopic (exact) mass is 356 g/mol. The van der Waals surface area contributed by atoms with Crippen LogP contribution in [-0.4, -0.2) is 31.9 Å². The summed E-state index contributed by atoms with van der Waals surface area (Å²) in [6, 6.07) is 5.64. The van der Waals surface area contributed by atoms with E-state index < -0.39 is 0 Å². The molecule has 0 saturated heterocycles. The summed E-state index contributed by atoms with van der Waals surface area (Å²) in [7, 11) is 0. The Bertz CT molecular complexity index is 893. The van der Waals surface area contributed by atoms with E-state index in [0.717, 1.165) is 10.7 Å². The van der Waals surface area contributed by atoms with Crippen LogP contribution in [0.5, 0.6) is 0 Å². The average molecular weight is 356 g/mol. The molecule has 3 aromatic heterocycles. The number of amides is 1. The fourth-order valence-electron chi connectivity index (χ4n) is 2.38. The second-order valence-electron chi connectivity index (χ2n) is 6.03. The van der Waals surface area contributed by atoms with Crippen LogP contribution in [0.4, 0.5) is 5.95 Å². The highest BCUT2D eigenvalue weighted by molar-refractivity contribution is 7.18. The van der Waals surface area contributed by atoms with Gasteiger partial charge in [0.05, 0.1) is 16.7 Å². The standard InChI is InChI=1S/C17H20N6OS/c1-9(2)19-16(24)13-14-15(21-11(4)25-14)23-17(22-13)20-10(3)12-7-5-6-8-18-12/h5-10H,1-4H3,(H,19,24)(H,20,22,23)/t10-/m0/s1. The summed E-state index contributed by atoms with van der Waals surface area (Å²) in [5, 5.41) is 6.94. The van der Waals surface area contributed by atoms with Crippen molar-refractivity contribution in [2.24, 2.45) is 0 Å². The van der Waals surface area contributed by atoms with Crippen LogP contribution in [-0.2, 0) is 0 Å². The van der Waals surface area contributed by atoms with Gasteiger partial charge in [-0.3, -0.25) is 9.78 Å². The van der Waals surface area contributed by atoms with Gasteiger partial charge in [0.25, 0.3) is 5.91 Å². The molecule has 0 aliphatic carbocycles. The SMILES string of the molecule is Cc1nc2nc(N[C@@H](C)c3ccccn3)nc(C(=O)NC(C)C)c2s1. The lowest BCUT2D eigenvalue weighted by Crippen LogP contribution is -2.31. The molecule has 3 aromatic rings. The zero-order valence-electron chi connectivity index (χ0n) is 14.6. The number of thiazole rings is 1. The Kier molecular flexibility index (Phi) is 4.89. The van der Waals surface area contributed by atoms with Gasteiger partial charge in [-0.2, -0.15) is 4.98 Å². The summed E-state index contributed by atoms with van der Waals surface area (Å²) in [6.45, 7) is 7.68. The number of carbonyl (C=O) groups excluding carboxylic acids is 1. The number of nitrogens with zero attached hydrogens (tertiary/aromatic N) is 4. The fraction of sp³-hybridized carbons (Fsp3) is 0.353. The summed E-state index contributed by atoms with van der Waals surface area (Å²) in [5.41, 5.74) is 1.75. The number of aryl methyl sites for hydroxylation is 1. The summed E-state index contributed by atoms with van der Waals surface area (Å²) in [4.78, 5) is 30.2. The number of nitrogens with one attached hydrogen (secondary N) is 2. The minimum absolute atomic E-state index is 0.0235. The molecule has 8 heteroatoms. The van der Waals surface area contributed by atoms with Crippen molar-refractivity contribution >= 4 is 33.5 Å². The number of rotatable bonds is 5. The fourth-order valence-corrected chi connectivity index (χ4v) is 3.22. The molecule has 1 atom stereocenters. The van der Waals surface area contributed by atoms with Gasteiger partial charge in [0.2, 0.25) is 5.95 Å². The van der Waals surface area contributed by atoms with E-state index in [4.69, 9.17) is 0 Å². The molecule has 3 heterocycles. The van der Waals surface area contributed by atoms with Crippen LogP contribution < -0.4 is 10.6 Å². The molecule has 7 nitrogen and oxygen atoms in total. The summed E-state index contributed by atoms with van der Waals surface area (Å²) < 4.78 is 0.701. The smallest absolute Gasteiger partial charge is 0.271 e. The van der Waals surface area contributed by atoms with Crippen LogP contribution >= 0.6 is 11.3 Å². The minimum atomic E-state index is -0.223.